The monoisotopic (exact) mass is 346 g/mol. The summed E-state index contributed by atoms with van der Waals surface area (Å²) in [5, 5.41) is 15.0. The van der Waals surface area contributed by atoms with Gasteiger partial charge in [-0.25, -0.2) is 4.98 Å². The molecule has 1 unspecified atom stereocenters. The van der Waals surface area contributed by atoms with Crippen molar-refractivity contribution < 1.29 is 9.52 Å². The Morgan fingerprint density at radius 3 is 2.67 bits per heavy atom. The first-order chi connectivity index (χ1) is 11.5. The van der Waals surface area contributed by atoms with E-state index in [0.717, 1.165) is 53.2 Å². The van der Waals surface area contributed by atoms with E-state index >= 15 is 0 Å². The fraction of sp³-hybridized carbons (Fsp3) is 0.529. The minimum atomic E-state index is -0.0833. The number of rotatable bonds is 3. The van der Waals surface area contributed by atoms with Crippen LogP contribution < -0.4 is 0 Å². The predicted molar refractivity (Wildman–Crippen MR) is 92.5 cm³/mol. The van der Waals surface area contributed by atoms with Crippen molar-refractivity contribution in [1.29, 1.82) is 0 Å². The number of hydrogen-bond donors (Lipinski definition) is 1. The Kier molecular flexibility index (Phi) is 3.85. The number of nitrogens with zero attached hydrogens (tertiary/aromatic N) is 4. The first kappa shape index (κ1) is 15.7. The molecule has 0 spiro atoms. The molecule has 3 aromatic heterocycles. The van der Waals surface area contributed by atoms with Gasteiger partial charge in [-0.2, -0.15) is 4.52 Å². The van der Waals surface area contributed by atoms with E-state index in [1.54, 1.807) is 0 Å². The minimum Gasteiger partial charge on any atom is -0.492 e. The maximum atomic E-state index is 10.7. The van der Waals surface area contributed by atoms with Gasteiger partial charge in [0, 0.05) is 0 Å². The summed E-state index contributed by atoms with van der Waals surface area (Å²) in [7, 11) is 0. The van der Waals surface area contributed by atoms with E-state index in [-0.39, 0.29) is 11.9 Å². The Morgan fingerprint density at radius 1 is 1.29 bits per heavy atom. The molecule has 128 valence electrons. The van der Waals surface area contributed by atoms with Gasteiger partial charge in [0.05, 0.1) is 4.88 Å². The summed E-state index contributed by atoms with van der Waals surface area (Å²) in [5.74, 6) is 3.35. The van der Waals surface area contributed by atoms with Crippen LogP contribution in [-0.4, -0.2) is 37.7 Å². The first-order valence-corrected chi connectivity index (χ1v) is 9.20. The summed E-state index contributed by atoms with van der Waals surface area (Å²) < 4.78 is 7.47. The van der Waals surface area contributed by atoms with E-state index in [2.05, 4.69) is 21.9 Å². The summed E-state index contributed by atoms with van der Waals surface area (Å²) in [4.78, 5) is 8.37. The highest BCUT2D eigenvalue weighted by Crippen LogP contribution is 2.41. The topological polar surface area (TPSA) is 66.8 Å². The van der Waals surface area contributed by atoms with Crippen molar-refractivity contribution in [3.63, 3.8) is 0 Å². The van der Waals surface area contributed by atoms with Gasteiger partial charge in [0.15, 0.2) is 0 Å². The molecule has 0 radical (unpaired) electrons. The summed E-state index contributed by atoms with van der Waals surface area (Å²) in [6, 6.07) is 3.91. The zero-order chi connectivity index (χ0) is 16.8. The average Bonchev–Trinajstić information content (AvgIpc) is 3.20. The molecule has 1 N–H and O–H groups in total. The second-order valence-corrected chi connectivity index (χ2v) is 7.72. The summed E-state index contributed by atoms with van der Waals surface area (Å²) in [5.41, 5.74) is 0. The van der Waals surface area contributed by atoms with E-state index < -0.39 is 0 Å². The molecule has 1 saturated heterocycles. The number of fused-ring (bicyclic) bond motifs is 1. The zero-order valence-corrected chi connectivity index (χ0v) is 15.0. The molecule has 0 aliphatic carbocycles. The Labute approximate surface area is 144 Å². The quantitative estimate of drug-likeness (QED) is 0.786. The maximum absolute atomic E-state index is 10.7. The van der Waals surface area contributed by atoms with Gasteiger partial charge < -0.3 is 9.52 Å². The SMILES string of the molecule is Cc1nc2sc(C(c3ccc(C)o3)N3CCC(C)CC3)c(O)n2n1. The van der Waals surface area contributed by atoms with Gasteiger partial charge in [-0.15, -0.1) is 5.10 Å². The van der Waals surface area contributed by atoms with E-state index in [1.165, 1.54) is 15.9 Å². The number of furan rings is 1. The minimum absolute atomic E-state index is 0.0833. The molecule has 7 heteroatoms. The van der Waals surface area contributed by atoms with Crippen LogP contribution in [0, 0.1) is 19.8 Å². The highest BCUT2D eigenvalue weighted by Gasteiger charge is 2.33. The first-order valence-electron chi connectivity index (χ1n) is 8.38. The smallest absolute Gasteiger partial charge is 0.230 e. The van der Waals surface area contributed by atoms with Crippen molar-refractivity contribution in [2.24, 2.45) is 5.92 Å². The third-order valence-corrected chi connectivity index (χ3v) is 5.84. The van der Waals surface area contributed by atoms with Gasteiger partial charge in [0.25, 0.3) is 0 Å². The summed E-state index contributed by atoms with van der Waals surface area (Å²) in [6.07, 6.45) is 2.33. The highest BCUT2D eigenvalue weighted by atomic mass is 32.1. The molecule has 1 aliphatic heterocycles. The number of aromatic hydroxyl groups is 1. The maximum Gasteiger partial charge on any atom is 0.230 e. The molecule has 1 fully saturated rings. The van der Waals surface area contributed by atoms with Gasteiger partial charge in [-0.3, -0.25) is 4.90 Å². The fourth-order valence-electron chi connectivity index (χ4n) is 3.39. The number of aryl methyl sites for hydroxylation is 2. The van der Waals surface area contributed by atoms with E-state index in [0.29, 0.717) is 5.82 Å². The third kappa shape index (κ3) is 2.61. The Bertz CT molecular complexity index is 857. The lowest BCUT2D eigenvalue weighted by Gasteiger charge is -2.35. The van der Waals surface area contributed by atoms with Gasteiger partial charge >= 0.3 is 0 Å². The van der Waals surface area contributed by atoms with Crippen LogP contribution in [0.4, 0.5) is 0 Å². The Morgan fingerprint density at radius 2 is 2.04 bits per heavy atom. The second-order valence-electron chi connectivity index (χ2n) is 6.71. The lowest BCUT2D eigenvalue weighted by Crippen LogP contribution is -2.36. The highest BCUT2D eigenvalue weighted by molar-refractivity contribution is 7.17. The molecule has 1 atom stereocenters. The molecular formula is C17H22N4O2S. The molecule has 6 nitrogen and oxygen atoms in total. The van der Waals surface area contributed by atoms with Crippen molar-refractivity contribution in [1.82, 2.24) is 19.5 Å². The lowest BCUT2D eigenvalue weighted by atomic mass is 9.97. The van der Waals surface area contributed by atoms with Crippen molar-refractivity contribution in [2.45, 2.75) is 39.7 Å². The van der Waals surface area contributed by atoms with Crippen LogP contribution in [0.25, 0.3) is 4.96 Å². The largest absolute Gasteiger partial charge is 0.492 e. The molecule has 0 aromatic carbocycles. The molecular weight excluding hydrogens is 324 g/mol. The molecule has 3 aromatic rings. The van der Waals surface area contributed by atoms with Crippen LogP contribution in [0.15, 0.2) is 16.5 Å². The Hall–Kier alpha value is -1.86. The van der Waals surface area contributed by atoms with Gasteiger partial charge in [0.2, 0.25) is 10.8 Å². The van der Waals surface area contributed by atoms with Crippen molar-refractivity contribution in [3.05, 3.63) is 34.4 Å². The number of hydrogen-bond acceptors (Lipinski definition) is 6. The lowest BCUT2D eigenvalue weighted by molar-refractivity contribution is 0.143. The summed E-state index contributed by atoms with van der Waals surface area (Å²) in [6.45, 7) is 8.07. The molecule has 0 saturated carbocycles. The number of thiazole rings is 1. The summed E-state index contributed by atoms with van der Waals surface area (Å²) >= 11 is 1.49. The van der Waals surface area contributed by atoms with Gasteiger partial charge in [0.1, 0.15) is 23.4 Å². The van der Waals surface area contributed by atoms with Crippen LogP contribution >= 0.6 is 11.3 Å². The van der Waals surface area contributed by atoms with Crippen molar-refractivity contribution >= 4 is 16.3 Å². The van der Waals surface area contributed by atoms with E-state index in [9.17, 15) is 5.11 Å². The van der Waals surface area contributed by atoms with Crippen molar-refractivity contribution in [2.75, 3.05) is 13.1 Å². The third-order valence-electron chi connectivity index (χ3n) is 4.77. The van der Waals surface area contributed by atoms with Gasteiger partial charge in [-0.05, 0) is 57.8 Å². The Balaban J connectivity index is 1.78. The van der Waals surface area contributed by atoms with Crippen LogP contribution in [0.1, 0.15) is 48.0 Å². The fourth-order valence-corrected chi connectivity index (χ4v) is 4.53. The molecule has 1 aliphatic rings. The normalized spacial score (nSPS) is 18.5. The van der Waals surface area contributed by atoms with E-state index in [4.69, 9.17) is 4.42 Å². The standard InChI is InChI=1S/C17H22N4O2S/c1-10-6-8-20(9-7-10)14(13-5-4-11(2)23-13)15-16(22)21-17(24-15)18-12(3)19-21/h4-5,10,14,22H,6-9H2,1-3H3. The zero-order valence-electron chi connectivity index (χ0n) is 14.2. The molecule has 0 amide bonds. The van der Waals surface area contributed by atoms with E-state index in [1.807, 2.05) is 26.0 Å². The van der Waals surface area contributed by atoms with Crippen LogP contribution in [0.5, 0.6) is 5.88 Å². The second kappa shape index (κ2) is 5.89. The molecule has 4 rings (SSSR count). The number of aromatic nitrogens is 3. The van der Waals surface area contributed by atoms with Gasteiger partial charge in [-0.1, -0.05) is 18.3 Å². The number of piperidine rings is 1. The predicted octanol–water partition coefficient (Wildman–Crippen LogP) is 3.53. The molecule has 0 bridgehead atoms. The number of likely N-dealkylation sites (tertiary alicyclic amines) is 1. The molecule has 4 heterocycles. The van der Waals surface area contributed by atoms with Crippen LogP contribution in [0.3, 0.4) is 0 Å². The average molecular weight is 346 g/mol. The van der Waals surface area contributed by atoms with Crippen molar-refractivity contribution in [3.8, 4) is 5.88 Å². The molecule has 24 heavy (non-hydrogen) atoms. The van der Waals surface area contributed by atoms with Crippen LogP contribution in [-0.2, 0) is 0 Å². The van der Waals surface area contributed by atoms with Crippen LogP contribution in [0.2, 0.25) is 0 Å².